The Labute approximate surface area is 115 Å². The molecule has 18 heavy (non-hydrogen) atoms. The molecule has 2 rings (SSSR count). The highest BCUT2D eigenvalue weighted by molar-refractivity contribution is 7.98. The lowest BCUT2D eigenvalue weighted by atomic mass is 10.3. The van der Waals surface area contributed by atoms with Crippen LogP contribution in [0.25, 0.3) is 0 Å². The molecule has 0 atom stereocenters. The van der Waals surface area contributed by atoms with Gasteiger partial charge >= 0.3 is 0 Å². The van der Waals surface area contributed by atoms with Gasteiger partial charge in [0.05, 0.1) is 5.75 Å². The van der Waals surface area contributed by atoms with Crippen molar-refractivity contribution in [1.82, 2.24) is 9.97 Å². The molecule has 0 aliphatic rings. The second kappa shape index (κ2) is 5.67. The molecule has 0 bridgehead atoms. The topological polar surface area (TPSA) is 25.8 Å². The van der Waals surface area contributed by atoms with Gasteiger partial charge in [-0.1, -0.05) is 11.6 Å². The minimum absolute atomic E-state index is 0.232. The SMILES string of the molecule is Cc1nc(CSc2ccc(F)cc2)nc(Cl)c1C. The number of hydrogen-bond donors (Lipinski definition) is 0. The van der Waals surface area contributed by atoms with Crippen LogP contribution >= 0.6 is 23.4 Å². The maximum atomic E-state index is 12.7. The van der Waals surface area contributed by atoms with Crippen LogP contribution in [0.3, 0.4) is 0 Å². The van der Waals surface area contributed by atoms with Gasteiger partial charge in [-0.2, -0.15) is 0 Å². The first-order chi connectivity index (χ1) is 8.56. The summed E-state index contributed by atoms with van der Waals surface area (Å²) in [4.78, 5) is 9.58. The number of aryl methyl sites for hydroxylation is 1. The molecule has 1 aromatic carbocycles. The number of hydrogen-bond acceptors (Lipinski definition) is 3. The van der Waals surface area contributed by atoms with Crippen LogP contribution in [-0.2, 0) is 5.75 Å². The summed E-state index contributed by atoms with van der Waals surface area (Å²) >= 11 is 7.57. The van der Waals surface area contributed by atoms with E-state index in [0.717, 1.165) is 16.2 Å². The Balaban J connectivity index is 2.08. The Bertz CT molecular complexity index is 534. The van der Waals surface area contributed by atoms with Crippen LogP contribution in [0.15, 0.2) is 29.2 Å². The first kappa shape index (κ1) is 13.3. The van der Waals surface area contributed by atoms with Crippen molar-refractivity contribution >= 4 is 23.4 Å². The van der Waals surface area contributed by atoms with Crippen molar-refractivity contribution in [3.05, 3.63) is 52.3 Å². The lowest BCUT2D eigenvalue weighted by molar-refractivity contribution is 0.626. The van der Waals surface area contributed by atoms with Crippen molar-refractivity contribution in [2.24, 2.45) is 0 Å². The maximum Gasteiger partial charge on any atom is 0.140 e. The first-order valence-corrected chi connectivity index (χ1v) is 6.80. The molecule has 0 spiro atoms. The molecule has 0 fully saturated rings. The van der Waals surface area contributed by atoms with E-state index in [4.69, 9.17) is 11.6 Å². The minimum Gasteiger partial charge on any atom is -0.237 e. The molecule has 0 saturated heterocycles. The van der Waals surface area contributed by atoms with Crippen LogP contribution < -0.4 is 0 Å². The van der Waals surface area contributed by atoms with E-state index in [1.54, 1.807) is 23.9 Å². The number of halogens is 2. The Hall–Kier alpha value is -1.13. The van der Waals surface area contributed by atoms with Gasteiger partial charge in [0.25, 0.3) is 0 Å². The van der Waals surface area contributed by atoms with Gasteiger partial charge in [-0.25, -0.2) is 14.4 Å². The number of rotatable bonds is 3. The van der Waals surface area contributed by atoms with E-state index in [1.807, 2.05) is 13.8 Å². The molecule has 0 saturated carbocycles. The van der Waals surface area contributed by atoms with Gasteiger partial charge in [-0.15, -0.1) is 11.8 Å². The molecule has 94 valence electrons. The predicted octanol–water partition coefficient (Wildman–Crippen LogP) is 4.18. The molecule has 5 heteroatoms. The number of aromatic nitrogens is 2. The average molecular weight is 283 g/mol. The highest BCUT2D eigenvalue weighted by Crippen LogP contribution is 2.23. The number of nitrogens with zero attached hydrogens (tertiary/aromatic N) is 2. The predicted molar refractivity (Wildman–Crippen MR) is 72.5 cm³/mol. The van der Waals surface area contributed by atoms with Crippen molar-refractivity contribution in [3.8, 4) is 0 Å². The second-order valence-corrected chi connectivity index (χ2v) is 5.29. The summed E-state index contributed by atoms with van der Waals surface area (Å²) in [5.41, 5.74) is 1.80. The third-order valence-corrected chi connectivity index (χ3v) is 3.93. The second-order valence-electron chi connectivity index (χ2n) is 3.88. The minimum atomic E-state index is -0.232. The Morgan fingerprint density at radius 1 is 1.17 bits per heavy atom. The summed E-state index contributed by atoms with van der Waals surface area (Å²) in [6, 6.07) is 6.36. The average Bonchev–Trinajstić information content (AvgIpc) is 2.35. The van der Waals surface area contributed by atoms with Gasteiger partial charge < -0.3 is 0 Å². The summed E-state index contributed by atoms with van der Waals surface area (Å²) in [6.45, 7) is 3.81. The van der Waals surface area contributed by atoms with Crippen LogP contribution in [-0.4, -0.2) is 9.97 Å². The molecule has 1 aromatic heterocycles. The van der Waals surface area contributed by atoms with E-state index in [1.165, 1.54) is 12.1 Å². The van der Waals surface area contributed by atoms with E-state index in [-0.39, 0.29) is 5.82 Å². The third-order valence-electron chi connectivity index (χ3n) is 2.56. The lowest BCUT2D eigenvalue weighted by Gasteiger charge is -2.05. The van der Waals surface area contributed by atoms with Crippen LogP contribution in [0.5, 0.6) is 0 Å². The van der Waals surface area contributed by atoms with Crippen molar-refractivity contribution in [2.75, 3.05) is 0 Å². The normalized spacial score (nSPS) is 10.7. The molecular weight excluding hydrogens is 271 g/mol. The molecule has 0 radical (unpaired) electrons. The molecule has 0 aliphatic carbocycles. The molecule has 0 aliphatic heterocycles. The fourth-order valence-electron chi connectivity index (χ4n) is 1.39. The van der Waals surface area contributed by atoms with E-state index in [0.29, 0.717) is 16.7 Å². The van der Waals surface area contributed by atoms with Crippen LogP contribution in [0, 0.1) is 19.7 Å². The fourth-order valence-corrected chi connectivity index (χ4v) is 2.38. The van der Waals surface area contributed by atoms with Crippen molar-refractivity contribution < 1.29 is 4.39 Å². The van der Waals surface area contributed by atoms with E-state index in [9.17, 15) is 4.39 Å². The first-order valence-electron chi connectivity index (χ1n) is 5.44. The lowest BCUT2D eigenvalue weighted by Crippen LogP contribution is -1.99. The van der Waals surface area contributed by atoms with Crippen LogP contribution in [0.2, 0.25) is 5.15 Å². The van der Waals surface area contributed by atoms with E-state index < -0.39 is 0 Å². The smallest absolute Gasteiger partial charge is 0.140 e. The fraction of sp³-hybridized carbons (Fsp3) is 0.231. The monoisotopic (exact) mass is 282 g/mol. The van der Waals surface area contributed by atoms with Crippen LogP contribution in [0.4, 0.5) is 4.39 Å². The van der Waals surface area contributed by atoms with Crippen molar-refractivity contribution in [3.63, 3.8) is 0 Å². The summed E-state index contributed by atoms with van der Waals surface area (Å²) in [6.07, 6.45) is 0. The third kappa shape index (κ3) is 3.21. The molecule has 0 N–H and O–H groups in total. The van der Waals surface area contributed by atoms with Gasteiger partial charge in [0.2, 0.25) is 0 Å². The zero-order chi connectivity index (χ0) is 13.1. The highest BCUT2D eigenvalue weighted by atomic mass is 35.5. The van der Waals surface area contributed by atoms with Gasteiger partial charge in [-0.05, 0) is 38.1 Å². The molecule has 0 amide bonds. The summed E-state index contributed by atoms with van der Waals surface area (Å²) < 4.78 is 12.7. The van der Waals surface area contributed by atoms with Crippen LogP contribution in [0.1, 0.15) is 17.1 Å². The van der Waals surface area contributed by atoms with Crippen molar-refractivity contribution in [2.45, 2.75) is 24.5 Å². The summed E-state index contributed by atoms with van der Waals surface area (Å²) in [7, 11) is 0. The van der Waals surface area contributed by atoms with Gasteiger partial charge in [0.1, 0.15) is 16.8 Å². The van der Waals surface area contributed by atoms with E-state index >= 15 is 0 Å². The molecule has 1 heterocycles. The summed E-state index contributed by atoms with van der Waals surface area (Å²) in [5, 5.41) is 0.497. The van der Waals surface area contributed by atoms with Gasteiger partial charge in [0, 0.05) is 16.2 Å². The molecular formula is C13H12ClFN2S. The quantitative estimate of drug-likeness (QED) is 0.624. The summed E-state index contributed by atoms with van der Waals surface area (Å²) in [5.74, 6) is 1.08. The highest BCUT2D eigenvalue weighted by Gasteiger charge is 2.06. The number of benzene rings is 1. The van der Waals surface area contributed by atoms with Gasteiger partial charge in [-0.3, -0.25) is 0 Å². The zero-order valence-electron chi connectivity index (χ0n) is 10.1. The molecule has 0 unspecified atom stereocenters. The largest absolute Gasteiger partial charge is 0.237 e. The van der Waals surface area contributed by atoms with E-state index in [2.05, 4.69) is 9.97 Å². The molecule has 2 nitrogen and oxygen atoms in total. The Morgan fingerprint density at radius 3 is 2.44 bits per heavy atom. The standard InChI is InChI=1S/C13H12ClFN2S/c1-8-9(2)16-12(17-13(8)14)7-18-11-5-3-10(15)4-6-11/h3-6H,7H2,1-2H3. The maximum absolute atomic E-state index is 12.7. The Morgan fingerprint density at radius 2 is 1.83 bits per heavy atom. The zero-order valence-corrected chi connectivity index (χ0v) is 11.6. The van der Waals surface area contributed by atoms with Gasteiger partial charge in [0.15, 0.2) is 0 Å². The van der Waals surface area contributed by atoms with Crippen molar-refractivity contribution in [1.29, 1.82) is 0 Å². The molecule has 2 aromatic rings. The number of thioether (sulfide) groups is 1. The Kier molecular flexibility index (Phi) is 4.19.